The van der Waals surface area contributed by atoms with Crippen LogP contribution in [0.2, 0.25) is 0 Å². The van der Waals surface area contributed by atoms with E-state index in [0.717, 1.165) is 69.8 Å². The van der Waals surface area contributed by atoms with Gasteiger partial charge in [0.1, 0.15) is 6.61 Å². The molecule has 0 amide bonds. The Morgan fingerprint density at radius 1 is 1.00 bits per heavy atom. The lowest BCUT2D eigenvalue weighted by molar-refractivity contribution is -0.252. The number of ether oxygens (including phenoxy) is 3. The minimum Gasteiger partial charge on any atom is -0.458 e. The molecule has 0 spiro atoms. The zero-order valence-electron chi connectivity index (χ0n) is 21.7. The smallest absolute Gasteiger partial charge is 0.331 e. The normalized spacial score (nSPS) is 53.9. The van der Waals surface area contributed by atoms with E-state index in [1.807, 2.05) is 6.92 Å². The Kier molecular flexibility index (Phi) is 5.95. The van der Waals surface area contributed by atoms with Crippen molar-refractivity contribution in [3.63, 3.8) is 0 Å². The van der Waals surface area contributed by atoms with Gasteiger partial charge in [-0.2, -0.15) is 0 Å². The van der Waals surface area contributed by atoms with Crippen molar-refractivity contribution in [3.05, 3.63) is 11.6 Å². The molecule has 0 aromatic heterocycles. The maximum absolute atomic E-state index is 12.4. The molecule has 0 aromatic carbocycles. The molecule has 4 saturated carbocycles. The van der Waals surface area contributed by atoms with Gasteiger partial charge in [-0.1, -0.05) is 13.8 Å². The Bertz CT molecular complexity index is 886. The van der Waals surface area contributed by atoms with Crippen LogP contribution in [0, 0.1) is 34.5 Å². The highest BCUT2D eigenvalue weighted by molar-refractivity contribution is 5.85. The fourth-order valence-electron chi connectivity index (χ4n) is 9.75. The number of aliphatic hydroxyl groups is 2. The Morgan fingerprint density at radius 3 is 2.57 bits per heavy atom. The topological polar surface area (TPSA) is 85.2 Å². The van der Waals surface area contributed by atoms with Crippen molar-refractivity contribution in [1.82, 2.24) is 0 Å². The summed E-state index contributed by atoms with van der Waals surface area (Å²) in [6, 6.07) is 0. The number of fused-ring (bicyclic) bond motifs is 5. The monoisotopic (exact) mass is 488 g/mol. The molecule has 4 aliphatic carbocycles. The second-order valence-electron chi connectivity index (χ2n) is 13.2. The Balaban J connectivity index is 1.16. The molecule has 0 aromatic rings. The summed E-state index contributed by atoms with van der Waals surface area (Å²) >= 11 is 0. The number of hydrogen-bond donors (Lipinski definition) is 2. The summed E-state index contributed by atoms with van der Waals surface area (Å²) in [5, 5.41) is 22.3. The number of carbonyl (C=O) groups excluding carboxylic acids is 1. The SMILES string of the molecule is C[C@H]1O[C@H](O[C@H]2CC[C@@]3(C)[C@H](CC[C@@H]4[C@H]3CC[C@]3(C)[C@@H](C5=CC(=O)OC5)CC[C@]43O)C2)CC[C@@H]1O. The molecule has 6 heteroatoms. The van der Waals surface area contributed by atoms with E-state index >= 15 is 0 Å². The van der Waals surface area contributed by atoms with E-state index in [1.165, 1.54) is 6.42 Å². The zero-order chi connectivity index (χ0) is 24.6. The summed E-state index contributed by atoms with van der Waals surface area (Å²) in [7, 11) is 0. The lowest BCUT2D eigenvalue weighted by Crippen LogP contribution is -2.62. The average molecular weight is 489 g/mol. The van der Waals surface area contributed by atoms with Gasteiger partial charge in [0.2, 0.25) is 0 Å². The van der Waals surface area contributed by atoms with Gasteiger partial charge in [-0.25, -0.2) is 4.79 Å². The first-order valence-corrected chi connectivity index (χ1v) is 14.2. The molecule has 2 N–H and O–H groups in total. The first kappa shape index (κ1) is 24.4. The maximum atomic E-state index is 12.4. The summed E-state index contributed by atoms with van der Waals surface area (Å²) in [4.78, 5) is 11.8. The van der Waals surface area contributed by atoms with Crippen LogP contribution in [0.5, 0.6) is 0 Å². The van der Waals surface area contributed by atoms with Crippen LogP contribution in [0.1, 0.15) is 91.4 Å². The Morgan fingerprint density at radius 2 is 1.83 bits per heavy atom. The molecule has 2 heterocycles. The fraction of sp³-hybridized carbons (Fsp3) is 0.897. The highest BCUT2D eigenvalue weighted by atomic mass is 16.7. The molecule has 5 fully saturated rings. The minimum absolute atomic E-state index is 0.157. The van der Waals surface area contributed by atoms with E-state index < -0.39 is 5.60 Å². The standard InChI is InChI=1S/C29H44O6/c1-17-24(30)6-7-26(34-17)35-20-8-11-27(2)19(15-20)4-5-23-22(27)9-12-28(3)21(10-13-29(23,28)32)18-14-25(31)33-16-18/h14,17,19-24,26,30,32H,4-13,15-16H2,1-3H3/t17-,19-,20+,21-,22-,23-,24+,26-,27+,28-,29+/m1/s1. The summed E-state index contributed by atoms with van der Waals surface area (Å²) in [6.45, 7) is 7.14. The minimum atomic E-state index is -0.651. The molecule has 0 unspecified atom stereocenters. The number of cyclic esters (lactones) is 1. The summed E-state index contributed by atoms with van der Waals surface area (Å²) in [5.74, 6) is 1.56. The highest BCUT2D eigenvalue weighted by Gasteiger charge is 2.67. The second-order valence-corrected chi connectivity index (χ2v) is 13.2. The van der Waals surface area contributed by atoms with Crippen molar-refractivity contribution in [2.75, 3.05) is 6.61 Å². The van der Waals surface area contributed by atoms with Crippen LogP contribution >= 0.6 is 0 Å². The second kappa shape index (κ2) is 8.54. The summed E-state index contributed by atoms with van der Waals surface area (Å²) in [6.07, 6.45) is 12.3. The lowest BCUT2D eigenvalue weighted by Gasteiger charge is -2.63. The van der Waals surface area contributed by atoms with Gasteiger partial charge in [0, 0.05) is 17.9 Å². The molecule has 35 heavy (non-hydrogen) atoms. The van der Waals surface area contributed by atoms with Gasteiger partial charge >= 0.3 is 5.97 Å². The molecule has 196 valence electrons. The predicted molar refractivity (Wildman–Crippen MR) is 130 cm³/mol. The van der Waals surface area contributed by atoms with Gasteiger partial charge in [0.05, 0.1) is 23.9 Å². The quantitative estimate of drug-likeness (QED) is 0.449. The van der Waals surface area contributed by atoms with E-state index in [9.17, 15) is 15.0 Å². The van der Waals surface area contributed by atoms with Gasteiger partial charge in [0.15, 0.2) is 6.29 Å². The Labute approximate surface area is 209 Å². The van der Waals surface area contributed by atoms with Gasteiger partial charge in [0.25, 0.3) is 0 Å². The van der Waals surface area contributed by atoms with Crippen LogP contribution < -0.4 is 0 Å². The third-order valence-corrected chi connectivity index (χ3v) is 11.9. The largest absolute Gasteiger partial charge is 0.458 e. The molecule has 0 radical (unpaired) electrons. The highest BCUT2D eigenvalue weighted by Crippen LogP contribution is 2.70. The van der Waals surface area contributed by atoms with Crippen molar-refractivity contribution in [2.24, 2.45) is 34.5 Å². The van der Waals surface area contributed by atoms with Crippen LogP contribution in [0.3, 0.4) is 0 Å². The molecular weight excluding hydrogens is 444 g/mol. The van der Waals surface area contributed by atoms with E-state index in [1.54, 1.807) is 6.08 Å². The molecule has 6 nitrogen and oxygen atoms in total. The van der Waals surface area contributed by atoms with Crippen molar-refractivity contribution in [2.45, 2.75) is 122 Å². The zero-order valence-corrected chi connectivity index (χ0v) is 21.7. The predicted octanol–water partition coefficient (Wildman–Crippen LogP) is 4.51. The van der Waals surface area contributed by atoms with E-state index in [0.29, 0.717) is 24.4 Å². The fourth-order valence-corrected chi connectivity index (χ4v) is 9.75. The number of esters is 1. The lowest BCUT2D eigenvalue weighted by atomic mass is 9.43. The molecule has 6 rings (SSSR count). The van der Waals surface area contributed by atoms with E-state index in [4.69, 9.17) is 14.2 Å². The maximum Gasteiger partial charge on any atom is 0.331 e. The van der Waals surface area contributed by atoms with Gasteiger partial charge in [-0.15, -0.1) is 0 Å². The first-order valence-electron chi connectivity index (χ1n) is 14.2. The number of hydrogen-bond acceptors (Lipinski definition) is 6. The van der Waals surface area contributed by atoms with Gasteiger partial charge in [-0.3, -0.25) is 0 Å². The van der Waals surface area contributed by atoms with Crippen LogP contribution in [0.25, 0.3) is 0 Å². The van der Waals surface area contributed by atoms with E-state index in [-0.39, 0.29) is 47.3 Å². The van der Waals surface area contributed by atoms with Crippen molar-refractivity contribution in [3.8, 4) is 0 Å². The third-order valence-electron chi connectivity index (χ3n) is 11.9. The molecule has 1 saturated heterocycles. The third kappa shape index (κ3) is 3.68. The number of rotatable bonds is 3. The Hall–Kier alpha value is -0.950. The number of aliphatic hydroxyl groups excluding tert-OH is 1. The van der Waals surface area contributed by atoms with Crippen molar-refractivity contribution < 1.29 is 29.2 Å². The molecular formula is C29H44O6. The van der Waals surface area contributed by atoms with Crippen molar-refractivity contribution >= 4 is 5.97 Å². The molecule has 6 aliphatic rings. The molecule has 0 bridgehead atoms. The summed E-state index contributed by atoms with van der Waals surface area (Å²) < 4.78 is 17.6. The van der Waals surface area contributed by atoms with E-state index in [2.05, 4.69) is 13.8 Å². The van der Waals surface area contributed by atoms with Gasteiger partial charge < -0.3 is 24.4 Å². The van der Waals surface area contributed by atoms with Crippen molar-refractivity contribution in [1.29, 1.82) is 0 Å². The first-order chi connectivity index (χ1) is 16.6. The van der Waals surface area contributed by atoms with Crippen LogP contribution in [-0.2, 0) is 19.0 Å². The van der Waals surface area contributed by atoms with Crippen LogP contribution in [-0.4, -0.2) is 53.0 Å². The van der Waals surface area contributed by atoms with Gasteiger partial charge in [-0.05, 0) is 106 Å². The average Bonchev–Trinajstić information content (AvgIpc) is 3.36. The van der Waals surface area contributed by atoms with Crippen LogP contribution in [0.4, 0.5) is 0 Å². The molecule has 11 atom stereocenters. The number of carbonyl (C=O) groups is 1. The van der Waals surface area contributed by atoms with Crippen LogP contribution in [0.15, 0.2) is 11.6 Å². The summed E-state index contributed by atoms with van der Waals surface area (Å²) in [5.41, 5.74) is 0.537. The molecule has 2 aliphatic heterocycles.